The zero-order valence-electron chi connectivity index (χ0n) is 15.1. The Bertz CT molecular complexity index is 562. The van der Waals surface area contributed by atoms with Crippen molar-refractivity contribution in [2.75, 3.05) is 19.6 Å². The van der Waals surface area contributed by atoms with Crippen LogP contribution in [0.2, 0.25) is 0 Å². The van der Waals surface area contributed by atoms with Gasteiger partial charge in [0.25, 0.3) is 0 Å². The number of amides is 2. The van der Waals surface area contributed by atoms with Gasteiger partial charge in [0.1, 0.15) is 0 Å². The first-order chi connectivity index (χ1) is 12.3. The van der Waals surface area contributed by atoms with E-state index in [0.29, 0.717) is 12.1 Å². The Morgan fingerprint density at radius 2 is 1.84 bits per heavy atom. The molecule has 1 aromatic heterocycles. The van der Waals surface area contributed by atoms with E-state index in [0.717, 1.165) is 38.4 Å². The first-order valence-electron chi connectivity index (χ1n) is 9.96. The Morgan fingerprint density at radius 3 is 2.52 bits per heavy atom. The van der Waals surface area contributed by atoms with E-state index >= 15 is 0 Å². The Balaban J connectivity index is 1.27. The zero-order chi connectivity index (χ0) is 17.1. The van der Waals surface area contributed by atoms with E-state index in [4.69, 9.17) is 0 Å². The molecule has 0 bridgehead atoms. The molecule has 0 unspecified atom stereocenters. The molecule has 1 aromatic rings. The molecule has 1 aliphatic heterocycles. The second kappa shape index (κ2) is 7.73. The van der Waals surface area contributed by atoms with Gasteiger partial charge in [-0.1, -0.05) is 19.3 Å². The summed E-state index contributed by atoms with van der Waals surface area (Å²) in [4.78, 5) is 21.1. The molecule has 0 aromatic carbocycles. The monoisotopic (exact) mass is 342 g/mol. The first kappa shape index (κ1) is 16.8. The molecule has 2 heterocycles. The molecular weight excluding hydrogens is 312 g/mol. The average Bonchev–Trinajstić information content (AvgIpc) is 3.39. The fraction of sp³-hybridized carbons (Fsp3) is 0.700. The van der Waals surface area contributed by atoms with Gasteiger partial charge in [0.05, 0.1) is 0 Å². The molecular formula is C20H30N4O. The standard InChI is InChI=1S/C20H30N4O/c25-20(22-18-4-2-1-3-5-18)24-14-19(15-24)23(12-16-6-7-16)13-17-8-10-21-11-9-17/h8-11,16,18-19H,1-7,12-15H2,(H,22,25). The van der Waals surface area contributed by atoms with Crippen molar-refractivity contribution in [3.05, 3.63) is 30.1 Å². The molecule has 25 heavy (non-hydrogen) atoms. The molecule has 136 valence electrons. The molecule has 2 amide bonds. The minimum atomic E-state index is 0.151. The summed E-state index contributed by atoms with van der Waals surface area (Å²) in [5.41, 5.74) is 1.32. The average molecular weight is 342 g/mol. The number of urea groups is 1. The fourth-order valence-corrected chi connectivity index (χ4v) is 4.06. The maximum atomic E-state index is 12.4. The molecule has 5 heteroatoms. The van der Waals surface area contributed by atoms with Crippen molar-refractivity contribution >= 4 is 6.03 Å². The van der Waals surface area contributed by atoms with Gasteiger partial charge in [-0.3, -0.25) is 9.88 Å². The summed E-state index contributed by atoms with van der Waals surface area (Å²) >= 11 is 0. The highest BCUT2D eigenvalue weighted by Gasteiger charge is 2.37. The molecule has 5 nitrogen and oxygen atoms in total. The molecule has 3 aliphatic rings. The van der Waals surface area contributed by atoms with Crippen LogP contribution in [-0.4, -0.2) is 52.5 Å². The van der Waals surface area contributed by atoms with E-state index in [1.165, 1.54) is 44.2 Å². The molecule has 0 radical (unpaired) electrons. The summed E-state index contributed by atoms with van der Waals surface area (Å²) < 4.78 is 0. The van der Waals surface area contributed by atoms with Gasteiger partial charge in [-0.25, -0.2) is 4.79 Å². The lowest BCUT2D eigenvalue weighted by atomic mass is 9.95. The van der Waals surface area contributed by atoms with Crippen molar-refractivity contribution in [1.82, 2.24) is 20.1 Å². The van der Waals surface area contributed by atoms with Crippen LogP contribution in [0, 0.1) is 5.92 Å². The van der Waals surface area contributed by atoms with Gasteiger partial charge >= 0.3 is 6.03 Å². The molecule has 0 atom stereocenters. The van der Waals surface area contributed by atoms with Gasteiger partial charge in [-0.2, -0.15) is 0 Å². The highest BCUT2D eigenvalue weighted by molar-refractivity contribution is 5.75. The lowest BCUT2D eigenvalue weighted by Crippen LogP contribution is -2.63. The van der Waals surface area contributed by atoms with Crippen LogP contribution in [0.25, 0.3) is 0 Å². The third-order valence-electron chi connectivity index (χ3n) is 5.92. The molecule has 4 rings (SSSR count). The number of hydrogen-bond acceptors (Lipinski definition) is 3. The van der Waals surface area contributed by atoms with Gasteiger partial charge in [0, 0.05) is 50.7 Å². The van der Waals surface area contributed by atoms with Crippen LogP contribution in [0.3, 0.4) is 0 Å². The topological polar surface area (TPSA) is 48.5 Å². The van der Waals surface area contributed by atoms with Crippen molar-refractivity contribution < 1.29 is 4.79 Å². The molecule has 2 aliphatic carbocycles. The summed E-state index contributed by atoms with van der Waals surface area (Å²) in [5, 5.41) is 3.24. The maximum absolute atomic E-state index is 12.4. The van der Waals surface area contributed by atoms with E-state index < -0.39 is 0 Å². The predicted octanol–water partition coefficient (Wildman–Crippen LogP) is 3.02. The van der Waals surface area contributed by atoms with Crippen LogP contribution in [0.1, 0.15) is 50.5 Å². The summed E-state index contributed by atoms with van der Waals surface area (Å²) in [6.07, 6.45) is 12.6. The second-order valence-corrected chi connectivity index (χ2v) is 8.07. The zero-order valence-corrected chi connectivity index (χ0v) is 15.1. The Morgan fingerprint density at radius 1 is 1.12 bits per heavy atom. The number of nitrogens with zero attached hydrogens (tertiary/aromatic N) is 3. The van der Waals surface area contributed by atoms with Crippen LogP contribution < -0.4 is 5.32 Å². The smallest absolute Gasteiger partial charge is 0.317 e. The number of nitrogens with one attached hydrogen (secondary N) is 1. The van der Waals surface area contributed by atoms with E-state index in [2.05, 4.69) is 27.3 Å². The number of rotatable bonds is 6. The van der Waals surface area contributed by atoms with E-state index in [1.54, 1.807) is 0 Å². The number of likely N-dealkylation sites (tertiary alicyclic amines) is 1. The maximum Gasteiger partial charge on any atom is 0.317 e. The minimum Gasteiger partial charge on any atom is -0.335 e. The third kappa shape index (κ3) is 4.51. The third-order valence-corrected chi connectivity index (χ3v) is 5.92. The molecule has 2 saturated carbocycles. The fourth-order valence-electron chi connectivity index (χ4n) is 4.06. The lowest BCUT2D eigenvalue weighted by molar-refractivity contribution is 0.0471. The van der Waals surface area contributed by atoms with Crippen molar-refractivity contribution in [3.8, 4) is 0 Å². The van der Waals surface area contributed by atoms with E-state index in [9.17, 15) is 4.79 Å². The number of carbonyl (C=O) groups is 1. The van der Waals surface area contributed by atoms with Crippen molar-refractivity contribution in [3.63, 3.8) is 0 Å². The first-order valence-corrected chi connectivity index (χ1v) is 9.96. The quantitative estimate of drug-likeness (QED) is 0.864. The van der Waals surface area contributed by atoms with Gasteiger partial charge in [0.2, 0.25) is 0 Å². The number of hydrogen-bond donors (Lipinski definition) is 1. The van der Waals surface area contributed by atoms with Gasteiger partial charge in [-0.15, -0.1) is 0 Å². The predicted molar refractivity (Wildman–Crippen MR) is 98.1 cm³/mol. The van der Waals surface area contributed by atoms with Crippen molar-refractivity contribution in [1.29, 1.82) is 0 Å². The number of carbonyl (C=O) groups excluding carboxylic acids is 1. The van der Waals surface area contributed by atoms with Crippen LogP contribution in [0.4, 0.5) is 4.79 Å². The molecule has 1 N–H and O–H groups in total. The van der Waals surface area contributed by atoms with E-state index in [1.807, 2.05) is 17.3 Å². The molecule has 3 fully saturated rings. The SMILES string of the molecule is O=C(NC1CCCCC1)N1CC(N(Cc2ccncc2)CC2CC2)C1. The number of pyridine rings is 1. The lowest BCUT2D eigenvalue weighted by Gasteiger charge is -2.46. The largest absolute Gasteiger partial charge is 0.335 e. The molecule has 0 spiro atoms. The highest BCUT2D eigenvalue weighted by Crippen LogP contribution is 2.32. The summed E-state index contributed by atoms with van der Waals surface area (Å²) in [6, 6.07) is 5.27. The van der Waals surface area contributed by atoms with Crippen molar-refractivity contribution in [2.45, 2.75) is 63.6 Å². The minimum absolute atomic E-state index is 0.151. The second-order valence-electron chi connectivity index (χ2n) is 8.07. The summed E-state index contributed by atoms with van der Waals surface area (Å²) in [6.45, 7) is 3.89. The summed E-state index contributed by atoms with van der Waals surface area (Å²) in [5.74, 6) is 0.868. The van der Waals surface area contributed by atoms with Gasteiger partial charge in [-0.05, 0) is 49.3 Å². The van der Waals surface area contributed by atoms with Crippen molar-refractivity contribution in [2.24, 2.45) is 5.92 Å². The van der Waals surface area contributed by atoms with Gasteiger partial charge in [0.15, 0.2) is 0 Å². The summed E-state index contributed by atoms with van der Waals surface area (Å²) in [7, 11) is 0. The van der Waals surface area contributed by atoms with Gasteiger partial charge < -0.3 is 10.2 Å². The van der Waals surface area contributed by atoms with E-state index in [-0.39, 0.29) is 6.03 Å². The van der Waals surface area contributed by atoms with Crippen LogP contribution in [0.15, 0.2) is 24.5 Å². The Labute approximate surface area is 150 Å². The Hall–Kier alpha value is -1.62. The normalized spacial score (nSPS) is 22.0. The Kier molecular flexibility index (Phi) is 5.20. The number of aromatic nitrogens is 1. The van der Waals surface area contributed by atoms with Crippen LogP contribution in [-0.2, 0) is 6.54 Å². The molecule has 1 saturated heterocycles. The van der Waals surface area contributed by atoms with Crippen LogP contribution >= 0.6 is 0 Å². The highest BCUT2D eigenvalue weighted by atomic mass is 16.2. The van der Waals surface area contributed by atoms with Crippen LogP contribution in [0.5, 0.6) is 0 Å².